The molecule has 0 aliphatic heterocycles. The lowest BCUT2D eigenvalue weighted by atomic mass is 10.0. The van der Waals surface area contributed by atoms with Crippen LogP contribution >= 0.6 is 0 Å². The van der Waals surface area contributed by atoms with Gasteiger partial charge >= 0.3 is 18.0 Å². The number of rotatable bonds is 42. The van der Waals surface area contributed by atoms with Crippen LogP contribution in [0, 0.1) is 0 Å². The molecule has 0 aliphatic carbocycles. The molecule has 0 saturated heterocycles. The lowest BCUT2D eigenvalue weighted by Crippen LogP contribution is -2.70. The Morgan fingerprint density at radius 2 is 0.808 bits per heavy atom. The van der Waals surface area contributed by atoms with Gasteiger partial charge in [-0.3, -0.25) is 14.4 Å². The van der Waals surface area contributed by atoms with Crippen molar-refractivity contribution in [2.24, 2.45) is 0 Å². The first-order valence-electron chi connectivity index (χ1n) is 28.8. The second-order valence-corrected chi connectivity index (χ2v) is 25.8. The summed E-state index contributed by atoms with van der Waals surface area (Å²) < 4.78 is 25.0. The van der Waals surface area contributed by atoms with Gasteiger partial charge in [0.2, 0.25) is 5.91 Å². The molecule has 3 aromatic carbocycles. The van der Waals surface area contributed by atoms with E-state index >= 15 is 0 Å². The molecule has 0 bridgehead atoms. The maximum absolute atomic E-state index is 14.1. The van der Waals surface area contributed by atoms with Crippen LogP contribution in [0.25, 0.3) is 0 Å². The van der Waals surface area contributed by atoms with Gasteiger partial charge in [0.15, 0.2) is 0 Å². The monoisotopic (exact) mass is 1030 g/mol. The fraction of sp³-hybridized carbons (Fsp3) is 0.645. The highest BCUT2D eigenvalue weighted by atomic mass is 28.4. The van der Waals surface area contributed by atoms with E-state index in [1.54, 1.807) is 0 Å². The van der Waals surface area contributed by atoms with Crippen molar-refractivity contribution < 1.29 is 37.8 Å². The summed E-state index contributed by atoms with van der Waals surface area (Å²) in [5, 5.41) is 7.26. The van der Waals surface area contributed by atoms with Gasteiger partial charge in [-0.05, 0) is 33.8 Å². The minimum Gasteiger partial charge on any atom is -0.463 e. The second kappa shape index (κ2) is 38.1. The predicted octanol–water partition coefficient (Wildman–Crippen LogP) is 14.4. The molecule has 10 nitrogen and oxygen atoms in total. The molecular weight excluding hydrogens is 929 g/mol. The third kappa shape index (κ3) is 26.5. The second-order valence-electron chi connectivity index (χ2n) is 21.5. The molecule has 0 aromatic heterocycles. The highest BCUT2D eigenvalue weighted by molar-refractivity contribution is 6.99. The molecule has 0 spiro atoms. The standard InChI is InChI=1S/C62H98N2O8Si/c1-6-8-10-12-14-16-18-20-22-24-26-28-39-47-58(66)70-51-62(64-57(65)49-63-60(68)69-50-54-41-33-30-34-42-54,52-71-59(67)48-40-29-27-25-23-21-19-17-15-13-11-9-7-2)53-72-73(61(3,4)5,55-43-35-31-36-44-55)56-45-37-32-38-46-56/h30-38,41-46H,6-29,39-40,47-53H2,1-5H3,(H,63,68)(H,64,65). The maximum atomic E-state index is 14.1. The summed E-state index contributed by atoms with van der Waals surface area (Å²) in [5.41, 5.74) is -0.709. The Bertz CT molecular complexity index is 1800. The largest absolute Gasteiger partial charge is 0.463 e. The average molecular weight is 1030 g/mol. The molecule has 0 aliphatic rings. The molecule has 0 atom stereocenters. The molecule has 0 radical (unpaired) electrons. The summed E-state index contributed by atoms with van der Waals surface area (Å²) in [6.07, 6.45) is 30.8. The van der Waals surface area contributed by atoms with Gasteiger partial charge in [-0.1, -0.05) is 280 Å². The molecule has 2 amide bonds. The van der Waals surface area contributed by atoms with E-state index in [4.69, 9.17) is 18.6 Å². The minimum atomic E-state index is -3.23. The van der Waals surface area contributed by atoms with E-state index < -0.39 is 49.4 Å². The first kappa shape index (κ1) is 62.8. The third-order valence-corrected chi connectivity index (χ3v) is 19.0. The molecule has 11 heteroatoms. The van der Waals surface area contributed by atoms with Crippen LogP contribution in [0.4, 0.5) is 4.79 Å². The first-order chi connectivity index (χ1) is 35.4. The molecular formula is C62H98N2O8Si. The summed E-state index contributed by atoms with van der Waals surface area (Å²) in [5.74, 6) is -1.37. The predicted molar refractivity (Wildman–Crippen MR) is 302 cm³/mol. The van der Waals surface area contributed by atoms with Gasteiger partial charge < -0.3 is 29.3 Å². The molecule has 0 saturated carbocycles. The number of alkyl carbamates (subject to hydrolysis) is 1. The topological polar surface area (TPSA) is 129 Å². The van der Waals surface area contributed by atoms with Gasteiger partial charge in [0.1, 0.15) is 31.9 Å². The van der Waals surface area contributed by atoms with Crippen molar-refractivity contribution in [2.45, 2.75) is 232 Å². The van der Waals surface area contributed by atoms with E-state index in [-0.39, 0.29) is 39.3 Å². The summed E-state index contributed by atoms with van der Waals surface area (Å²) >= 11 is 0. The van der Waals surface area contributed by atoms with E-state index in [0.717, 1.165) is 54.5 Å². The number of nitrogens with one attached hydrogen (secondary N) is 2. The zero-order chi connectivity index (χ0) is 52.7. The van der Waals surface area contributed by atoms with Crippen molar-refractivity contribution in [1.82, 2.24) is 10.6 Å². The molecule has 3 rings (SSSR count). The van der Waals surface area contributed by atoms with Crippen LogP contribution in [0.1, 0.15) is 220 Å². The Kier molecular flexibility index (Phi) is 32.8. The number of unbranched alkanes of at least 4 members (excludes halogenated alkanes) is 24. The van der Waals surface area contributed by atoms with Gasteiger partial charge in [-0.15, -0.1) is 0 Å². The molecule has 73 heavy (non-hydrogen) atoms. The van der Waals surface area contributed by atoms with E-state index in [2.05, 4.69) is 69.5 Å². The molecule has 0 fully saturated rings. The summed E-state index contributed by atoms with van der Waals surface area (Å²) in [4.78, 5) is 54.2. The smallest absolute Gasteiger partial charge is 0.407 e. The van der Waals surface area contributed by atoms with Crippen LogP contribution in [0.2, 0.25) is 5.04 Å². The zero-order valence-corrected chi connectivity index (χ0v) is 47.3. The van der Waals surface area contributed by atoms with E-state index in [1.807, 2.05) is 66.7 Å². The summed E-state index contributed by atoms with van der Waals surface area (Å²) in [6, 6.07) is 29.6. The number of ether oxygens (including phenoxy) is 3. The lowest BCUT2D eigenvalue weighted by molar-refractivity contribution is -0.154. The molecule has 3 aromatic rings. The van der Waals surface area contributed by atoms with Crippen molar-refractivity contribution >= 4 is 42.6 Å². The first-order valence-corrected chi connectivity index (χ1v) is 30.7. The van der Waals surface area contributed by atoms with Crippen LogP contribution in [0.3, 0.4) is 0 Å². The van der Waals surface area contributed by atoms with Gasteiger partial charge in [0.25, 0.3) is 8.32 Å². The van der Waals surface area contributed by atoms with Crippen LogP contribution < -0.4 is 21.0 Å². The normalized spacial score (nSPS) is 11.8. The Morgan fingerprint density at radius 3 is 1.18 bits per heavy atom. The number of carbonyl (C=O) groups is 4. The Labute approximate surface area is 443 Å². The number of amides is 2. The number of carbonyl (C=O) groups excluding carboxylic acids is 4. The van der Waals surface area contributed by atoms with E-state index in [1.165, 1.54) is 116 Å². The van der Waals surface area contributed by atoms with Gasteiger partial charge in [0.05, 0.1) is 6.61 Å². The van der Waals surface area contributed by atoms with Crippen LogP contribution in [0.15, 0.2) is 91.0 Å². The van der Waals surface area contributed by atoms with Gasteiger partial charge in [0, 0.05) is 12.8 Å². The van der Waals surface area contributed by atoms with Crippen molar-refractivity contribution in [3.63, 3.8) is 0 Å². The molecule has 408 valence electrons. The van der Waals surface area contributed by atoms with Crippen molar-refractivity contribution in [3.05, 3.63) is 96.6 Å². The Balaban J connectivity index is 1.77. The number of esters is 2. The van der Waals surface area contributed by atoms with E-state index in [9.17, 15) is 19.2 Å². The quantitative estimate of drug-likeness (QED) is 0.0248. The lowest BCUT2D eigenvalue weighted by Gasteiger charge is -2.45. The van der Waals surface area contributed by atoms with Crippen molar-refractivity contribution in [1.29, 1.82) is 0 Å². The number of benzene rings is 3. The van der Waals surface area contributed by atoms with Gasteiger partial charge in [-0.25, -0.2) is 4.79 Å². The summed E-state index contributed by atoms with van der Waals surface area (Å²) in [6.45, 7) is 9.83. The molecule has 2 N–H and O–H groups in total. The van der Waals surface area contributed by atoms with E-state index in [0.29, 0.717) is 12.8 Å². The van der Waals surface area contributed by atoms with Crippen LogP contribution in [-0.4, -0.2) is 64.2 Å². The fourth-order valence-electron chi connectivity index (χ4n) is 9.66. The highest BCUT2D eigenvalue weighted by Crippen LogP contribution is 2.37. The van der Waals surface area contributed by atoms with Gasteiger partial charge in [-0.2, -0.15) is 0 Å². The van der Waals surface area contributed by atoms with Crippen LogP contribution in [-0.2, 0) is 39.6 Å². The zero-order valence-electron chi connectivity index (χ0n) is 46.3. The van der Waals surface area contributed by atoms with Crippen molar-refractivity contribution in [2.75, 3.05) is 26.4 Å². The van der Waals surface area contributed by atoms with Crippen LogP contribution in [0.5, 0.6) is 0 Å². The average Bonchev–Trinajstić information content (AvgIpc) is 3.39. The number of hydrogen-bond acceptors (Lipinski definition) is 8. The van der Waals surface area contributed by atoms with Crippen molar-refractivity contribution in [3.8, 4) is 0 Å². The molecule has 0 heterocycles. The SMILES string of the molecule is CCCCCCCCCCCCCCCC(=O)OCC(COC(=O)CCCCCCCCCCCCCCC)(CO[Si](c1ccccc1)(c1ccccc1)C(C)(C)C)NC(=O)CNC(=O)OCc1ccccc1. The maximum Gasteiger partial charge on any atom is 0.407 e. The molecule has 0 unspecified atom stereocenters. The Morgan fingerprint density at radius 1 is 0.452 bits per heavy atom. The Hall–Kier alpha value is -4.48. The fourth-order valence-corrected chi connectivity index (χ4v) is 14.3. The highest BCUT2D eigenvalue weighted by Gasteiger charge is 2.52. The number of hydrogen-bond donors (Lipinski definition) is 2. The minimum absolute atomic E-state index is 0.0367. The summed E-state index contributed by atoms with van der Waals surface area (Å²) in [7, 11) is -3.23. The third-order valence-electron chi connectivity index (χ3n) is 14.0.